The lowest BCUT2D eigenvalue weighted by Gasteiger charge is -2.16. The topological polar surface area (TPSA) is 88.3 Å². The second kappa shape index (κ2) is 13.1. The standard InChI is InChI=1S/C30H32N2O6S/c1-20(2)29(33)38-21(3)37-25-14-12-24(13-15-25)36-18-8-17-32-26-16-11-23(19-27(26)39-30(32)34)28(31-35-4)22-9-6-5-7-10-22/h5-7,9-16,19-21H,8,17-18H2,1-4H3. The van der Waals surface area contributed by atoms with Crippen molar-refractivity contribution in [3.63, 3.8) is 0 Å². The van der Waals surface area contributed by atoms with Gasteiger partial charge in [-0.1, -0.05) is 66.7 Å². The molecule has 39 heavy (non-hydrogen) atoms. The summed E-state index contributed by atoms with van der Waals surface area (Å²) in [6.07, 6.45) is -0.0207. The van der Waals surface area contributed by atoms with Crippen LogP contribution in [-0.2, 0) is 20.9 Å². The van der Waals surface area contributed by atoms with Crippen LogP contribution in [0, 0.1) is 5.92 Å². The zero-order valence-electron chi connectivity index (χ0n) is 22.5. The van der Waals surface area contributed by atoms with Crippen molar-refractivity contribution in [1.82, 2.24) is 4.57 Å². The minimum atomic E-state index is -0.682. The fourth-order valence-electron chi connectivity index (χ4n) is 3.93. The summed E-state index contributed by atoms with van der Waals surface area (Å²) in [6, 6.07) is 22.8. The van der Waals surface area contributed by atoms with E-state index in [1.165, 1.54) is 18.4 Å². The van der Waals surface area contributed by atoms with Gasteiger partial charge in [-0.25, -0.2) is 0 Å². The van der Waals surface area contributed by atoms with Crippen molar-refractivity contribution < 1.29 is 23.8 Å². The Balaban J connectivity index is 1.34. The van der Waals surface area contributed by atoms with Gasteiger partial charge < -0.3 is 19.0 Å². The lowest BCUT2D eigenvalue weighted by Crippen LogP contribution is -2.23. The summed E-state index contributed by atoms with van der Waals surface area (Å²) in [6.45, 7) is 6.21. The van der Waals surface area contributed by atoms with Crippen molar-refractivity contribution in [3.05, 3.63) is 93.6 Å². The van der Waals surface area contributed by atoms with E-state index in [2.05, 4.69) is 5.16 Å². The Bertz CT molecular complexity index is 1480. The van der Waals surface area contributed by atoms with Crippen LogP contribution in [0.2, 0.25) is 0 Å². The molecule has 1 atom stereocenters. The Labute approximate surface area is 231 Å². The summed E-state index contributed by atoms with van der Waals surface area (Å²) in [5.74, 6) is 0.743. The van der Waals surface area contributed by atoms with Crippen LogP contribution in [0.5, 0.6) is 11.5 Å². The van der Waals surface area contributed by atoms with Crippen molar-refractivity contribution >= 4 is 33.2 Å². The molecule has 0 spiro atoms. The summed E-state index contributed by atoms with van der Waals surface area (Å²) in [5.41, 5.74) is 3.41. The average molecular weight is 549 g/mol. The van der Waals surface area contributed by atoms with Gasteiger partial charge in [-0.15, -0.1) is 0 Å². The SMILES string of the molecule is CON=C(c1ccccc1)c1ccc2c(c1)sc(=O)n2CCCOc1ccc(OC(C)OC(=O)C(C)C)cc1. The number of thiazole rings is 1. The van der Waals surface area contributed by atoms with Crippen molar-refractivity contribution in [2.24, 2.45) is 11.1 Å². The summed E-state index contributed by atoms with van der Waals surface area (Å²) in [4.78, 5) is 29.5. The number of carbonyl (C=O) groups excluding carboxylic acids is 1. The molecule has 0 aliphatic rings. The number of aromatic nitrogens is 1. The molecule has 8 nitrogen and oxygen atoms in total. The number of rotatable bonds is 12. The number of nitrogens with zero attached hydrogens (tertiary/aromatic N) is 2. The molecule has 0 saturated heterocycles. The van der Waals surface area contributed by atoms with Crippen LogP contribution < -0.4 is 14.3 Å². The molecule has 9 heteroatoms. The summed E-state index contributed by atoms with van der Waals surface area (Å²) >= 11 is 1.21. The third-order valence-electron chi connectivity index (χ3n) is 5.85. The van der Waals surface area contributed by atoms with Gasteiger partial charge in [0.1, 0.15) is 24.3 Å². The largest absolute Gasteiger partial charge is 0.494 e. The molecule has 0 bridgehead atoms. The number of oxime groups is 1. The third-order valence-corrected chi connectivity index (χ3v) is 6.79. The van der Waals surface area contributed by atoms with Gasteiger partial charge in [0, 0.05) is 24.6 Å². The maximum absolute atomic E-state index is 12.7. The minimum Gasteiger partial charge on any atom is -0.494 e. The monoisotopic (exact) mass is 548 g/mol. The van der Waals surface area contributed by atoms with E-state index in [0.29, 0.717) is 36.8 Å². The fraction of sp³-hybridized carbons (Fsp3) is 0.300. The Morgan fingerprint density at radius 2 is 1.67 bits per heavy atom. The summed E-state index contributed by atoms with van der Waals surface area (Å²) in [5, 5.41) is 4.22. The molecule has 4 rings (SSSR count). The first-order valence-corrected chi connectivity index (χ1v) is 13.6. The van der Waals surface area contributed by atoms with E-state index in [9.17, 15) is 9.59 Å². The molecular formula is C30H32N2O6S. The van der Waals surface area contributed by atoms with E-state index in [0.717, 1.165) is 21.3 Å². The number of hydrogen-bond acceptors (Lipinski definition) is 8. The third kappa shape index (κ3) is 7.26. The van der Waals surface area contributed by atoms with E-state index < -0.39 is 6.29 Å². The number of carbonyl (C=O) groups is 1. The number of esters is 1. The number of hydrogen-bond donors (Lipinski definition) is 0. The Hall–Kier alpha value is -4.11. The smallest absolute Gasteiger partial charge is 0.311 e. The van der Waals surface area contributed by atoms with Crippen LogP contribution in [0.4, 0.5) is 0 Å². The van der Waals surface area contributed by atoms with Gasteiger partial charge in [0.2, 0.25) is 6.29 Å². The predicted molar refractivity (Wildman–Crippen MR) is 153 cm³/mol. The Morgan fingerprint density at radius 3 is 2.36 bits per heavy atom. The average Bonchev–Trinajstić information content (AvgIpc) is 3.24. The zero-order valence-corrected chi connectivity index (χ0v) is 23.3. The molecule has 4 aromatic rings. The molecule has 0 aliphatic heterocycles. The molecule has 0 aliphatic carbocycles. The van der Waals surface area contributed by atoms with Crippen molar-refractivity contribution in [2.75, 3.05) is 13.7 Å². The van der Waals surface area contributed by atoms with E-state index in [-0.39, 0.29) is 16.8 Å². The highest BCUT2D eigenvalue weighted by molar-refractivity contribution is 7.16. The molecule has 204 valence electrons. The zero-order chi connectivity index (χ0) is 27.8. The number of aryl methyl sites for hydroxylation is 1. The van der Waals surface area contributed by atoms with E-state index in [1.807, 2.05) is 48.5 Å². The van der Waals surface area contributed by atoms with Crippen molar-refractivity contribution in [1.29, 1.82) is 0 Å². The summed E-state index contributed by atoms with van der Waals surface area (Å²) < 4.78 is 19.4. The van der Waals surface area contributed by atoms with E-state index in [1.54, 1.807) is 49.6 Å². The van der Waals surface area contributed by atoms with Gasteiger partial charge in [-0.3, -0.25) is 14.2 Å². The molecule has 1 heterocycles. The first-order chi connectivity index (χ1) is 18.9. The van der Waals surface area contributed by atoms with E-state index >= 15 is 0 Å². The maximum atomic E-state index is 12.7. The number of ether oxygens (including phenoxy) is 3. The molecule has 0 amide bonds. The maximum Gasteiger partial charge on any atom is 0.311 e. The lowest BCUT2D eigenvalue weighted by atomic mass is 10.0. The van der Waals surface area contributed by atoms with Crippen LogP contribution in [-0.4, -0.2) is 36.3 Å². The molecular weight excluding hydrogens is 516 g/mol. The first-order valence-electron chi connectivity index (χ1n) is 12.8. The molecule has 0 saturated carbocycles. The minimum absolute atomic E-state index is 0.0131. The highest BCUT2D eigenvalue weighted by atomic mass is 32.1. The van der Waals surface area contributed by atoms with Crippen LogP contribution in [0.1, 0.15) is 38.3 Å². The normalized spacial score (nSPS) is 12.4. The van der Waals surface area contributed by atoms with Gasteiger partial charge in [0.05, 0.1) is 22.7 Å². The Kier molecular flexibility index (Phi) is 9.38. The predicted octanol–water partition coefficient (Wildman–Crippen LogP) is 5.85. The molecule has 3 aromatic carbocycles. The van der Waals surface area contributed by atoms with E-state index in [4.69, 9.17) is 19.0 Å². The number of fused-ring (bicyclic) bond motifs is 1. The van der Waals surface area contributed by atoms with Gasteiger partial charge in [-0.2, -0.15) is 0 Å². The molecule has 1 unspecified atom stereocenters. The molecule has 0 fully saturated rings. The van der Waals surface area contributed by atoms with Gasteiger partial charge >= 0.3 is 10.8 Å². The molecule has 0 N–H and O–H groups in total. The molecule has 0 radical (unpaired) electrons. The van der Waals surface area contributed by atoms with Crippen molar-refractivity contribution in [2.45, 2.75) is 40.0 Å². The van der Waals surface area contributed by atoms with Gasteiger partial charge in [-0.05, 0) is 42.8 Å². The van der Waals surface area contributed by atoms with Gasteiger partial charge in [0.25, 0.3) is 0 Å². The summed E-state index contributed by atoms with van der Waals surface area (Å²) in [7, 11) is 1.52. The van der Waals surface area contributed by atoms with Crippen molar-refractivity contribution in [3.8, 4) is 11.5 Å². The first kappa shape index (κ1) is 27.9. The highest BCUT2D eigenvalue weighted by Gasteiger charge is 2.15. The van der Waals surface area contributed by atoms with Gasteiger partial charge in [0.15, 0.2) is 0 Å². The lowest BCUT2D eigenvalue weighted by molar-refractivity contribution is -0.165. The van der Waals surface area contributed by atoms with Crippen LogP contribution in [0.15, 0.2) is 82.7 Å². The van der Waals surface area contributed by atoms with Crippen LogP contribution >= 0.6 is 11.3 Å². The number of benzene rings is 3. The second-order valence-electron chi connectivity index (χ2n) is 9.14. The molecule has 1 aromatic heterocycles. The second-order valence-corrected chi connectivity index (χ2v) is 10.1. The van der Waals surface area contributed by atoms with Crippen LogP contribution in [0.25, 0.3) is 10.2 Å². The highest BCUT2D eigenvalue weighted by Crippen LogP contribution is 2.23. The fourth-order valence-corrected chi connectivity index (χ4v) is 4.88. The quantitative estimate of drug-likeness (QED) is 0.0725. The Morgan fingerprint density at radius 1 is 0.949 bits per heavy atom. The van der Waals surface area contributed by atoms with Crippen LogP contribution in [0.3, 0.4) is 0 Å².